The summed E-state index contributed by atoms with van der Waals surface area (Å²) in [6.07, 6.45) is 3.37. The zero-order chi connectivity index (χ0) is 19.5. The first kappa shape index (κ1) is 20.3. The maximum atomic E-state index is 10.7. The van der Waals surface area contributed by atoms with Gasteiger partial charge in [0.05, 0.1) is 19.4 Å². The highest BCUT2D eigenvalue weighted by molar-refractivity contribution is 5.84. The van der Waals surface area contributed by atoms with E-state index >= 15 is 0 Å². The molecule has 0 heterocycles. The van der Waals surface area contributed by atoms with E-state index in [4.69, 9.17) is 15.2 Å². The first-order valence-corrected chi connectivity index (χ1v) is 9.13. The number of ether oxygens (including phenoxy) is 2. The van der Waals surface area contributed by atoms with Gasteiger partial charge in [0.25, 0.3) is 0 Å². The fraction of sp³-hybridized carbons (Fsp3) is 0.333. The largest absolute Gasteiger partial charge is 0.493 e. The number of nitrogens with zero attached hydrogens (tertiary/aromatic N) is 1. The van der Waals surface area contributed by atoms with Crippen molar-refractivity contribution < 1.29 is 14.3 Å². The molecule has 0 aliphatic rings. The molecule has 6 heteroatoms. The van der Waals surface area contributed by atoms with Gasteiger partial charge in [0.2, 0.25) is 0 Å². The highest BCUT2D eigenvalue weighted by Crippen LogP contribution is 2.21. The smallest absolute Gasteiger partial charge is 0.332 e. The summed E-state index contributed by atoms with van der Waals surface area (Å²) in [5.74, 6) is 2.12. The van der Waals surface area contributed by atoms with E-state index in [2.05, 4.69) is 36.5 Å². The van der Waals surface area contributed by atoms with Crippen LogP contribution in [0.2, 0.25) is 0 Å². The molecule has 144 valence electrons. The zero-order valence-corrected chi connectivity index (χ0v) is 15.9. The number of carbonyl (C=O) groups excluding carboxylic acids is 1. The maximum absolute atomic E-state index is 10.7. The number of para-hydroxylation sites is 1. The number of rotatable bonds is 10. The van der Waals surface area contributed by atoms with Crippen LogP contribution in [-0.2, 0) is 0 Å². The van der Waals surface area contributed by atoms with E-state index in [0.717, 1.165) is 24.2 Å². The van der Waals surface area contributed by atoms with Gasteiger partial charge >= 0.3 is 6.03 Å². The summed E-state index contributed by atoms with van der Waals surface area (Å²) in [7, 11) is 0. The number of urea groups is 1. The number of nitrogens with one attached hydrogen (secondary N) is 1. The second-order valence-corrected chi connectivity index (χ2v) is 6.20. The zero-order valence-electron chi connectivity index (χ0n) is 15.9. The predicted molar refractivity (Wildman–Crippen MR) is 108 cm³/mol. The van der Waals surface area contributed by atoms with Crippen molar-refractivity contribution in [1.82, 2.24) is 5.43 Å². The van der Waals surface area contributed by atoms with Crippen LogP contribution in [0, 0.1) is 0 Å². The Balaban J connectivity index is 1.75. The summed E-state index contributed by atoms with van der Waals surface area (Å²) < 4.78 is 11.5. The van der Waals surface area contributed by atoms with Crippen molar-refractivity contribution in [3.8, 4) is 11.5 Å². The number of amides is 2. The first-order chi connectivity index (χ1) is 13.1. The van der Waals surface area contributed by atoms with Gasteiger partial charge in [-0.25, -0.2) is 10.2 Å². The minimum atomic E-state index is -0.709. The predicted octanol–water partition coefficient (Wildman–Crippen LogP) is 4.05. The standard InChI is InChI=1S/C21H27N3O3/c1-3-16(2)17-9-11-19(12-10-17)26-13-6-14-27-20-8-5-4-7-18(20)15-23-24-21(22)25/h4-5,7-12,15-16H,3,6,13-14H2,1-2H3,(H3,22,24,25)/b23-15-/t16-/m0/s1. The molecule has 2 aromatic rings. The van der Waals surface area contributed by atoms with Crippen molar-refractivity contribution in [1.29, 1.82) is 0 Å². The van der Waals surface area contributed by atoms with Crippen molar-refractivity contribution in [2.24, 2.45) is 10.8 Å². The lowest BCUT2D eigenvalue weighted by atomic mass is 9.99. The Bertz CT molecular complexity index is 745. The third-order valence-corrected chi connectivity index (χ3v) is 4.17. The molecule has 0 bridgehead atoms. The van der Waals surface area contributed by atoms with E-state index in [1.807, 2.05) is 36.4 Å². The highest BCUT2D eigenvalue weighted by atomic mass is 16.5. The Morgan fingerprint density at radius 1 is 1.15 bits per heavy atom. The van der Waals surface area contributed by atoms with Crippen LogP contribution in [-0.4, -0.2) is 25.5 Å². The van der Waals surface area contributed by atoms with Gasteiger partial charge in [0.1, 0.15) is 11.5 Å². The van der Waals surface area contributed by atoms with Crippen molar-refractivity contribution in [3.63, 3.8) is 0 Å². The topological polar surface area (TPSA) is 85.9 Å². The Labute approximate surface area is 160 Å². The molecule has 3 N–H and O–H groups in total. The van der Waals surface area contributed by atoms with Crippen molar-refractivity contribution in [3.05, 3.63) is 59.7 Å². The molecule has 1 atom stereocenters. The minimum absolute atomic E-state index is 0.513. The molecule has 6 nitrogen and oxygen atoms in total. The van der Waals surface area contributed by atoms with Gasteiger partial charge in [0.15, 0.2) is 0 Å². The second kappa shape index (κ2) is 10.9. The third kappa shape index (κ3) is 7.01. The minimum Gasteiger partial charge on any atom is -0.493 e. The van der Waals surface area contributed by atoms with E-state index < -0.39 is 6.03 Å². The van der Waals surface area contributed by atoms with Crippen LogP contribution >= 0.6 is 0 Å². The summed E-state index contributed by atoms with van der Waals surface area (Å²) in [5, 5.41) is 3.76. The third-order valence-electron chi connectivity index (χ3n) is 4.17. The summed E-state index contributed by atoms with van der Waals surface area (Å²) in [6.45, 7) is 5.49. The molecule has 0 aromatic heterocycles. The Kier molecular flexibility index (Phi) is 8.16. The summed E-state index contributed by atoms with van der Waals surface area (Å²) in [6, 6.07) is 15.0. The van der Waals surface area contributed by atoms with Crippen LogP contribution in [0.1, 0.15) is 43.7 Å². The van der Waals surface area contributed by atoms with Gasteiger partial charge in [0, 0.05) is 12.0 Å². The number of primary amides is 1. The van der Waals surface area contributed by atoms with E-state index in [1.54, 1.807) is 0 Å². The Hall–Kier alpha value is -3.02. The molecule has 2 rings (SSSR count). The van der Waals surface area contributed by atoms with Crippen LogP contribution in [0.15, 0.2) is 53.6 Å². The lowest BCUT2D eigenvalue weighted by molar-refractivity contribution is 0.247. The van der Waals surface area contributed by atoms with Gasteiger partial charge < -0.3 is 15.2 Å². The SMILES string of the molecule is CC[C@H](C)c1ccc(OCCCOc2ccccc2/C=N\NC(N)=O)cc1. The number of hydrogen-bond acceptors (Lipinski definition) is 4. The maximum Gasteiger partial charge on any atom is 0.332 e. The number of carbonyl (C=O) groups is 1. The molecule has 0 fully saturated rings. The lowest BCUT2D eigenvalue weighted by Gasteiger charge is -2.11. The van der Waals surface area contributed by atoms with E-state index in [9.17, 15) is 4.79 Å². The molecule has 0 saturated carbocycles. The molecule has 27 heavy (non-hydrogen) atoms. The van der Waals surface area contributed by atoms with Gasteiger partial charge in [-0.3, -0.25) is 0 Å². The summed E-state index contributed by atoms with van der Waals surface area (Å²) in [5.41, 5.74) is 9.23. The van der Waals surface area contributed by atoms with Crippen molar-refractivity contribution >= 4 is 12.2 Å². The summed E-state index contributed by atoms with van der Waals surface area (Å²) >= 11 is 0. The average molecular weight is 369 g/mol. The lowest BCUT2D eigenvalue weighted by Crippen LogP contribution is -2.24. The molecule has 0 aliphatic carbocycles. The fourth-order valence-electron chi connectivity index (χ4n) is 2.44. The molecule has 0 aliphatic heterocycles. The fourth-order valence-corrected chi connectivity index (χ4v) is 2.44. The van der Waals surface area contributed by atoms with Gasteiger partial charge in [-0.2, -0.15) is 5.10 Å². The van der Waals surface area contributed by atoms with Gasteiger partial charge in [-0.15, -0.1) is 0 Å². The van der Waals surface area contributed by atoms with Crippen molar-refractivity contribution in [2.75, 3.05) is 13.2 Å². The molecular formula is C21H27N3O3. The van der Waals surface area contributed by atoms with Crippen LogP contribution in [0.3, 0.4) is 0 Å². The molecule has 0 unspecified atom stereocenters. The van der Waals surface area contributed by atoms with Gasteiger partial charge in [-0.1, -0.05) is 38.1 Å². The Morgan fingerprint density at radius 3 is 2.56 bits per heavy atom. The first-order valence-electron chi connectivity index (χ1n) is 9.13. The van der Waals surface area contributed by atoms with E-state index in [-0.39, 0.29) is 0 Å². The summed E-state index contributed by atoms with van der Waals surface area (Å²) in [4.78, 5) is 10.7. The van der Waals surface area contributed by atoms with Crippen LogP contribution in [0.25, 0.3) is 0 Å². The molecule has 2 aromatic carbocycles. The van der Waals surface area contributed by atoms with Crippen molar-refractivity contribution in [2.45, 2.75) is 32.6 Å². The van der Waals surface area contributed by atoms with E-state index in [1.165, 1.54) is 11.8 Å². The number of nitrogens with two attached hydrogens (primary N) is 1. The molecule has 2 amide bonds. The molecular weight excluding hydrogens is 342 g/mol. The molecule has 0 saturated heterocycles. The normalized spacial score (nSPS) is 11.9. The number of hydrogen-bond donors (Lipinski definition) is 2. The second-order valence-electron chi connectivity index (χ2n) is 6.20. The van der Waals surface area contributed by atoms with Crippen LogP contribution in [0.5, 0.6) is 11.5 Å². The monoisotopic (exact) mass is 369 g/mol. The van der Waals surface area contributed by atoms with Crippen LogP contribution in [0.4, 0.5) is 4.79 Å². The van der Waals surface area contributed by atoms with E-state index in [0.29, 0.717) is 24.9 Å². The van der Waals surface area contributed by atoms with Crippen LogP contribution < -0.4 is 20.6 Å². The molecule has 0 radical (unpaired) electrons. The number of hydrazone groups is 1. The highest BCUT2D eigenvalue weighted by Gasteiger charge is 2.03. The number of benzene rings is 2. The quantitative estimate of drug-likeness (QED) is 0.376. The average Bonchev–Trinajstić information content (AvgIpc) is 2.68. The van der Waals surface area contributed by atoms with Gasteiger partial charge in [-0.05, 0) is 42.2 Å². The molecule has 0 spiro atoms. The Morgan fingerprint density at radius 2 is 1.85 bits per heavy atom.